The predicted octanol–water partition coefficient (Wildman–Crippen LogP) is 3.53. The number of hydrogen-bond acceptors (Lipinski definition) is 4. The molecule has 0 fully saturated rings. The lowest BCUT2D eigenvalue weighted by Gasteiger charge is -2.15. The molecule has 0 unspecified atom stereocenters. The topological polar surface area (TPSA) is 74.3 Å². The zero-order chi connectivity index (χ0) is 19.1. The van der Waals surface area contributed by atoms with E-state index in [9.17, 15) is 14.0 Å². The summed E-state index contributed by atoms with van der Waals surface area (Å²) >= 11 is 1.27. The van der Waals surface area contributed by atoms with Crippen molar-refractivity contribution in [2.75, 3.05) is 12.4 Å². The number of urea groups is 1. The summed E-state index contributed by atoms with van der Waals surface area (Å²) < 4.78 is 13.1. The Balaban J connectivity index is 1.85. The second-order valence-corrected chi connectivity index (χ2v) is 6.57. The smallest absolute Gasteiger partial charge is 0.321 e. The average Bonchev–Trinajstić information content (AvgIpc) is 3.05. The van der Waals surface area contributed by atoms with E-state index in [0.717, 1.165) is 0 Å². The van der Waals surface area contributed by atoms with Crippen LogP contribution in [0.5, 0.6) is 0 Å². The zero-order valence-electron chi connectivity index (χ0n) is 14.9. The van der Waals surface area contributed by atoms with Crippen LogP contribution in [0.25, 0.3) is 0 Å². The van der Waals surface area contributed by atoms with Gasteiger partial charge in [0.1, 0.15) is 5.82 Å². The molecule has 2 aromatic rings. The zero-order valence-corrected chi connectivity index (χ0v) is 15.7. The van der Waals surface area contributed by atoms with Crippen molar-refractivity contribution in [3.8, 4) is 0 Å². The molecule has 26 heavy (non-hydrogen) atoms. The number of carbonyl (C=O) groups is 2. The quantitative estimate of drug-likeness (QED) is 0.758. The van der Waals surface area contributed by atoms with Crippen molar-refractivity contribution in [2.45, 2.75) is 26.9 Å². The molecule has 0 radical (unpaired) electrons. The van der Waals surface area contributed by atoms with Crippen LogP contribution in [0.2, 0.25) is 0 Å². The monoisotopic (exact) mass is 376 g/mol. The average molecular weight is 376 g/mol. The Morgan fingerprint density at radius 1 is 1.38 bits per heavy atom. The third kappa shape index (κ3) is 5.66. The van der Waals surface area contributed by atoms with Crippen molar-refractivity contribution in [1.82, 2.24) is 15.2 Å². The Kier molecular flexibility index (Phi) is 6.85. The number of nitrogens with zero attached hydrogens (tertiary/aromatic N) is 2. The summed E-state index contributed by atoms with van der Waals surface area (Å²) in [4.78, 5) is 29.8. The van der Waals surface area contributed by atoms with E-state index >= 15 is 0 Å². The number of thiazole rings is 1. The van der Waals surface area contributed by atoms with Gasteiger partial charge in [0.05, 0.1) is 12.2 Å². The molecule has 0 atom stereocenters. The van der Waals surface area contributed by atoms with E-state index in [-0.39, 0.29) is 18.3 Å². The molecule has 138 valence electrons. The molecule has 1 aromatic heterocycles. The number of benzene rings is 1. The van der Waals surface area contributed by atoms with Gasteiger partial charge in [-0.05, 0) is 31.5 Å². The van der Waals surface area contributed by atoms with Crippen molar-refractivity contribution in [3.05, 3.63) is 58.4 Å². The van der Waals surface area contributed by atoms with Crippen molar-refractivity contribution in [3.63, 3.8) is 0 Å². The van der Waals surface area contributed by atoms with E-state index in [1.165, 1.54) is 23.5 Å². The summed E-state index contributed by atoms with van der Waals surface area (Å²) in [7, 11) is 1.70. The van der Waals surface area contributed by atoms with Gasteiger partial charge in [0, 0.05) is 24.5 Å². The minimum absolute atomic E-state index is 0.0668. The second kappa shape index (κ2) is 9.10. The van der Waals surface area contributed by atoms with Gasteiger partial charge in [-0.2, -0.15) is 0 Å². The fourth-order valence-electron chi connectivity index (χ4n) is 2.15. The van der Waals surface area contributed by atoms with Gasteiger partial charge in [-0.1, -0.05) is 18.2 Å². The van der Waals surface area contributed by atoms with Gasteiger partial charge in [0.2, 0.25) is 5.91 Å². The first kappa shape index (κ1) is 19.6. The lowest BCUT2D eigenvalue weighted by molar-refractivity contribution is -0.126. The second-order valence-electron chi connectivity index (χ2n) is 5.71. The lowest BCUT2D eigenvalue weighted by atomic mass is 10.2. The molecule has 8 heteroatoms. The minimum atomic E-state index is -0.427. The molecule has 1 aromatic carbocycles. The van der Waals surface area contributed by atoms with Crippen LogP contribution in [0.15, 0.2) is 41.3 Å². The maximum absolute atomic E-state index is 13.1. The number of nitrogens with one attached hydrogen (secondary N) is 2. The number of aromatic nitrogens is 1. The van der Waals surface area contributed by atoms with E-state index in [1.54, 1.807) is 42.5 Å². The first-order valence-electron chi connectivity index (χ1n) is 8.01. The van der Waals surface area contributed by atoms with E-state index < -0.39 is 6.03 Å². The van der Waals surface area contributed by atoms with E-state index in [1.807, 2.05) is 6.92 Å². The molecular formula is C18H21FN4O2S. The van der Waals surface area contributed by atoms with E-state index in [4.69, 9.17) is 0 Å². The van der Waals surface area contributed by atoms with Crippen LogP contribution < -0.4 is 10.6 Å². The number of halogens is 1. The highest BCUT2D eigenvalue weighted by Crippen LogP contribution is 2.17. The van der Waals surface area contributed by atoms with Crippen LogP contribution >= 0.6 is 11.3 Å². The van der Waals surface area contributed by atoms with Gasteiger partial charge >= 0.3 is 6.03 Å². The Labute approximate surface area is 155 Å². The number of anilines is 1. The summed E-state index contributed by atoms with van der Waals surface area (Å²) in [5, 5.41) is 7.50. The maximum Gasteiger partial charge on any atom is 0.321 e. The largest absolute Gasteiger partial charge is 0.336 e. The van der Waals surface area contributed by atoms with Crippen molar-refractivity contribution >= 4 is 28.4 Å². The molecule has 2 N–H and O–H groups in total. The summed E-state index contributed by atoms with van der Waals surface area (Å²) in [5.41, 5.74) is 2.02. The van der Waals surface area contributed by atoms with Crippen LogP contribution in [-0.4, -0.2) is 28.9 Å². The molecule has 0 aliphatic heterocycles. The van der Waals surface area contributed by atoms with Gasteiger partial charge in [-0.15, -0.1) is 11.3 Å². The predicted molar refractivity (Wildman–Crippen MR) is 100 cm³/mol. The van der Waals surface area contributed by atoms with Crippen LogP contribution in [0, 0.1) is 5.82 Å². The molecule has 0 aliphatic rings. The summed E-state index contributed by atoms with van der Waals surface area (Å²) in [6, 6.07) is 5.60. The molecular weight excluding hydrogens is 355 g/mol. The molecule has 0 saturated heterocycles. The molecule has 0 aliphatic carbocycles. The number of carbonyl (C=O) groups excluding carboxylic acids is 2. The van der Waals surface area contributed by atoms with Gasteiger partial charge in [-0.3, -0.25) is 10.1 Å². The summed E-state index contributed by atoms with van der Waals surface area (Å²) in [6.45, 7) is 4.14. The number of amides is 3. The van der Waals surface area contributed by atoms with Gasteiger partial charge in [-0.25, -0.2) is 14.2 Å². The van der Waals surface area contributed by atoms with Crippen molar-refractivity contribution in [2.24, 2.45) is 0 Å². The first-order valence-corrected chi connectivity index (χ1v) is 8.89. The molecule has 6 nitrogen and oxygen atoms in total. The fourth-order valence-corrected chi connectivity index (χ4v) is 2.84. The van der Waals surface area contributed by atoms with Crippen molar-refractivity contribution < 1.29 is 14.0 Å². The normalized spacial score (nSPS) is 11.2. The summed E-state index contributed by atoms with van der Waals surface area (Å²) in [5.74, 6) is -0.413. The van der Waals surface area contributed by atoms with Crippen molar-refractivity contribution in [1.29, 1.82) is 0 Å². The molecule has 1 heterocycles. The van der Waals surface area contributed by atoms with E-state index in [0.29, 0.717) is 28.5 Å². The third-order valence-electron chi connectivity index (χ3n) is 3.63. The first-order chi connectivity index (χ1) is 12.4. The third-order valence-corrected chi connectivity index (χ3v) is 4.44. The Hall–Kier alpha value is -2.74. The molecule has 2 rings (SSSR count). The number of hydrogen-bond donors (Lipinski definition) is 2. The van der Waals surface area contributed by atoms with Crippen LogP contribution in [-0.2, 0) is 17.9 Å². The number of likely N-dealkylation sites (N-methyl/N-ethyl adjacent to an activating group) is 1. The lowest BCUT2D eigenvalue weighted by Crippen LogP contribution is -2.28. The standard InChI is InChI=1S/C18H21FN4O2S/c1-4-12(2)16(24)23(3)10-15-11-26-18(21-15)22-17(25)20-9-13-6-5-7-14(19)8-13/h4-8,11H,9-10H2,1-3H3,(H2,20,21,22,25). The fraction of sp³-hybridized carbons (Fsp3) is 0.278. The Bertz CT molecular complexity index is 819. The highest BCUT2D eigenvalue weighted by atomic mass is 32.1. The highest BCUT2D eigenvalue weighted by Gasteiger charge is 2.13. The number of rotatable bonds is 6. The van der Waals surface area contributed by atoms with E-state index in [2.05, 4.69) is 15.6 Å². The van der Waals surface area contributed by atoms with Gasteiger partial charge < -0.3 is 10.2 Å². The number of allylic oxidation sites excluding steroid dienone is 1. The van der Waals surface area contributed by atoms with Gasteiger partial charge in [0.15, 0.2) is 5.13 Å². The van der Waals surface area contributed by atoms with Crippen LogP contribution in [0.4, 0.5) is 14.3 Å². The molecule has 0 spiro atoms. The van der Waals surface area contributed by atoms with Crippen LogP contribution in [0.1, 0.15) is 25.1 Å². The minimum Gasteiger partial charge on any atom is -0.336 e. The van der Waals surface area contributed by atoms with Crippen LogP contribution in [0.3, 0.4) is 0 Å². The Morgan fingerprint density at radius 3 is 2.85 bits per heavy atom. The van der Waals surface area contributed by atoms with Gasteiger partial charge in [0.25, 0.3) is 0 Å². The SMILES string of the molecule is CC=C(C)C(=O)N(C)Cc1csc(NC(=O)NCc2cccc(F)c2)n1. The maximum atomic E-state index is 13.1. The molecule has 0 bridgehead atoms. The summed E-state index contributed by atoms with van der Waals surface area (Å²) in [6.07, 6.45) is 1.76. The molecule has 0 saturated carbocycles. The molecule has 3 amide bonds. The Morgan fingerprint density at radius 2 is 2.15 bits per heavy atom. The highest BCUT2D eigenvalue weighted by molar-refractivity contribution is 7.13.